The van der Waals surface area contributed by atoms with E-state index >= 15 is 0 Å². The van der Waals surface area contributed by atoms with Crippen molar-refractivity contribution in [2.45, 2.75) is 32.2 Å². The van der Waals surface area contributed by atoms with E-state index < -0.39 is 23.9 Å². The molecule has 1 aromatic carbocycles. The van der Waals surface area contributed by atoms with Gasteiger partial charge in [-0.05, 0) is 31.9 Å². The lowest BCUT2D eigenvalue weighted by Gasteiger charge is -2.14. The maximum atomic E-state index is 11.9. The van der Waals surface area contributed by atoms with E-state index in [1.807, 2.05) is 6.92 Å². The number of aliphatic carboxylic acids is 2. The fourth-order valence-corrected chi connectivity index (χ4v) is 1.66. The SMILES string of the molecule is Cc1ccc(C(=O)N[C@H](CCCC(=O)O)C(=O)O)cc1. The molecule has 1 rings (SSSR count). The second-order valence-corrected chi connectivity index (χ2v) is 4.52. The van der Waals surface area contributed by atoms with Crippen LogP contribution in [0.2, 0.25) is 0 Å². The summed E-state index contributed by atoms with van der Waals surface area (Å²) in [6.45, 7) is 1.88. The number of carboxylic acid groups (broad SMARTS) is 2. The minimum absolute atomic E-state index is 0.0826. The highest BCUT2D eigenvalue weighted by atomic mass is 16.4. The summed E-state index contributed by atoms with van der Waals surface area (Å²) in [6.07, 6.45) is 0.157. The third kappa shape index (κ3) is 5.09. The number of aryl methyl sites for hydroxylation is 1. The molecule has 20 heavy (non-hydrogen) atoms. The van der Waals surface area contributed by atoms with Crippen molar-refractivity contribution >= 4 is 17.8 Å². The minimum Gasteiger partial charge on any atom is -0.481 e. The largest absolute Gasteiger partial charge is 0.481 e. The number of carbonyl (C=O) groups excluding carboxylic acids is 1. The molecule has 1 amide bonds. The lowest BCUT2D eigenvalue weighted by molar-refractivity contribution is -0.140. The zero-order valence-corrected chi connectivity index (χ0v) is 11.1. The molecule has 6 nitrogen and oxygen atoms in total. The molecule has 6 heteroatoms. The molecule has 3 N–H and O–H groups in total. The van der Waals surface area contributed by atoms with Crippen LogP contribution in [0.3, 0.4) is 0 Å². The summed E-state index contributed by atoms with van der Waals surface area (Å²) in [5, 5.41) is 19.9. The van der Waals surface area contributed by atoms with Crippen LogP contribution in [-0.4, -0.2) is 34.1 Å². The smallest absolute Gasteiger partial charge is 0.326 e. The predicted octanol–water partition coefficient (Wildman–Crippen LogP) is 1.43. The summed E-state index contributed by atoms with van der Waals surface area (Å²) in [6, 6.07) is 5.66. The van der Waals surface area contributed by atoms with Crippen LogP contribution in [-0.2, 0) is 9.59 Å². The Morgan fingerprint density at radius 2 is 1.75 bits per heavy atom. The number of benzene rings is 1. The lowest BCUT2D eigenvalue weighted by Crippen LogP contribution is -2.40. The zero-order valence-electron chi connectivity index (χ0n) is 11.1. The molecule has 0 radical (unpaired) electrons. The Balaban J connectivity index is 2.60. The second-order valence-electron chi connectivity index (χ2n) is 4.52. The maximum absolute atomic E-state index is 11.9. The van der Waals surface area contributed by atoms with Crippen molar-refractivity contribution in [2.75, 3.05) is 0 Å². The molecule has 0 unspecified atom stereocenters. The molecule has 0 aliphatic heterocycles. The standard InChI is InChI=1S/C14H17NO5/c1-9-5-7-10(8-6-9)13(18)15-11(14(19)20)3-2-4-12(16)17/h5-8,11H,2-4H2,1H3,(H,15,18)(H,16,17)(H,19,20)/t11-/m1/s1. The van der Waals surface area contributed by atoms with Crippen molar-refractivity contribution in [1.82, 2.24) is 5.32 Å². The van der Waals surface area contributed by atoms with Gasteiger partial charge in [-0.1, -0.05) is 17.7 Å². The first-order valence-corrected chi connectivity index (χ1v) is 6.22. The van der Waals surface area contributed by atoms with Gasteiger partial charge >= 0.3 is 11.9 Å². The lowest BCUT2D eigenvalue weighted by atomic mass is 10.1. The Labute approximate surface area is 116 Å². The molecule has 0 bridgehead atoms. The first-order valence-electron chi connectivity index (χ1n) is 6.22. The quantitative estimate of drug-likeness (QED) is 0.700. The molecule has 0 saturated heterocycles. The zero-order chi connectivity index (χ0) is 15.1. The third-order valence-corrected chi connectivity index (χ3v) is 2.80. The van der Waals surface area contributed by atoms with Gasteiger partial charge in [-0.15, -0.1) is 0 Å². The molecule has 108 valence electrons. The van der Waals surface area contributed by atoms with Crippen molar-refractivity contribution < 1.29 is 24.6 Å². The Morgan fingerprint density at radius 3 is 2.25 bits per heavy atom. The van der Waals surface area contributed by atoms with Crippen LogP contribution in [0.25, 0.3) is 0 Å². The highest BCUT2D eigenvalue weighted by molar-refractivity contribution is 5.96. The monoisotopic (exact) mass is 279 g/mol. The molecule has 0 saturated carbocycles. The summed E-state index contributed by atoms with van der Waals surface area (Å²) in [4.78, 5) is 33.3. The Morgan fingerprint density at radius 1 is 1.15 bits per heavy atom. The summed E-state index contributed by atoms with van der Waals surface area (Å²) < 4.78 is 0. The van der Waals surface area contributed by atoms with E-state index in [-0.39, 0.29) is 19.3 Å². The van der Waals surface area contributed by atoms with Gasteiger partial charge in [0.15, 0.2) is 0 Å². The molecular formula is C14H17NO5. The van der Waals surface area contributed by atoms with E-state index in [1.54, 1.807) is 24.3 Å². The number of nitrogens with one attached hydrogen (secondary N) is 1. The number of carboxylic acids is 2. The van der Waals surface area contributed by atoms with E-state index in [2.05, 4.69) is 5.32 Å². The third-order valence-electron chi connectivity index (χ3n) is 2.80. The highest BCUT2D eigenvalue weighted by Gasteiger charge is 2.20. The topological polar surface area (TPSA) is 104 Å². The number of rotatable bonds is 7. The summed E-state index contributed by atoms with van der Waals surface area (Å²) in [5.74, 6) is -2.64. The highest BCUT2D eigenvalue weighted by Crippen LogP contribution is 2.06. The van der Waals surface area contributed by atoms with Crippen LogP contribution in [0.15, 0.2) is 24.3 Å². The normalized spacial score (nSPS) is 11.7. The van der Waals surface area contributed by atoms with Crippen LogP contribution in [0, 0.1) is 6.92 Å². The van der Waals surface area contributed by atoms with Gasteiger partial charge in [0, 0.05) is 12.0 Å². The molecule has 0 aliphatic carbocycles. The molecule has 1 aromatic rings. The van der Waals surface area contributed by atoms with Gasteiger partial charge in [-0.2, -0.15) is 0 Å². The van der Waals surface area contributed by atoms with Crippen LogP contribution < -0.4 is 5.32 Å². The second kappa shape index (κ2) is 7.28. The van der Waals surface area contributed by atoms with Crippen molar-refractivity contribution in [2.24, 2.45) is 0 Å². The van der Waals surface area contributed by atoms with Gasteiger partial charge in [0.2, 0.25) is 0 Å². The maximum Gasteiger partial charge on any atom is 0.326 e. The molecule has 0 fully saturated rings. The molecule has 1 atom stereocenters. The molecule has 0 spiro atoms. The minimum atomic E-state index is -1.17. The van der Waals surface area contributed by atoms with Gasteiger partial charge in [0.05, 0.1) is 0 Å². The van der Waals surface area contributed by atoms with Crippen molar-refractivity contribution in [1.29, 1.82) is 0 Å². The van der Waals surface area contributed by atoms with Gasteiger partial charge in [0.1, 0.15) is 6.04 Å². The number of amides is 1. The van der Waals surface area contributed by atoms with Crippen molar-refractivity contribution in [3.63, 3.8) is 0 Å². The average Bonchev–Trinajstić information content (AvgIpc) is 2.37. The van der Waals surface area contributed by atoms with Crippen molar-refractivity contribution in [3.8, 4) is 0 Å². The first kappa shape index (κ1) is 15.7. The van der Waals surface area contributed by atoms with Gasteiger partial charge in [-0.3, -0.25) is 9.59 Å². The van der Waals surface area contributed by atoms with E-state index in [1.165, 1.54) is 0 Å². The van der Waals surface area contributed by atoms with E-state index in [0.29, 0.717) is 5.56 Å². The Bertz CT molecular complexity index is 495. The summed E-state index contributed by atoms with van der Waals surface area (Å²) in [7, 11) is 0. The fraction of sp³-hybridized carbons (Fsp3) is 0.357. The first-order chi connectivity index (χ1) is 9.40. The van der Waals surface area contributed by atoms with Crippen LogP contribution in [0.4, 0.5) is 0 Å². The summed E-state index contributed by atoms with van der Waals surface area (Å²) >= 11 is 0. The number of hydrogen-bond donors (Lipinski definition) is 3. The van der Waals surface area contributed by atoms with E-state index in [4.69, 9.17) is 10.2 Å². The van der Waals surface area contributed by atoms with Crippen molar-refractivity contribution in [3.05, 3.63) is 35.4 Å². The van der Waals surface area contributed by atoms with Gasteiger partial charge in [-0.25, -0.2) is 4.79 Å². The van der Waals surface area contributed by atoms with Gasteiger partial charge < -0.3 is 15.5 Å². The van der Waals surface area contributed by atoms with Crippen LogP contribution >= 0.6 is 0 Å². The predicted molar refractivity (Wildman–Crippen MR) is 71.6 cm³/mol. The molecule has 0 aliphatic rings. The van der Waals surface area contributed by atoms with E-state index in [0.717, 1.165) is 5.56 Å². The molecule has 0 aromatic heterocycles. The average molecular weight is 279 g/mol. The Kier molecular flexibility index (Phi) is 5.71. The number of carbonyl (C=O) groups is 3. The molecule has 0 heterocycles. The molecular weight excluding hydrogens is 262 g/mol. The number of hydrogen-bond acceptors (Lipinski definition) is 3. The Hall–Kier alpha value is -2.37. The van der Waals surface area contributed by atoms with Gasteiger partial charge in [0.25, 0.3) is 5.91 Å². The van der Waals surface area contributed by atoms with Crippen LogP contribution in [0.1, 0.15) is 35.2 Å². The summed E-state index contributed by atoms with van der Waals surface area (Å²) in [5.41, 5.74) is 1.37. The fourth-order valence-electron chi connectivity index (χ4n) is 1.66. The van der Waals surface area contributed by atoms with E-state index in [9.17, 15) is 14.4 Å². The van der Waals surface area contributed by atoms with Crippen LogP contribution in [0.5, 0.6) is 0 Å².